The van der Waals surface area contributed by atoms with E-state index in [9.17, 15) is 9.59 Å². The van der Waals surface area contributed by atoms with Gasteiger partial charge in [0.2, 0.25) is 5.91 Å². The van der Waals surface area contributed by atoms with Crippen molar-refractivity contribution in [1.82, 2.24) is 9.97 Å². The number of carbonyl (C=O) groups excluding carboxylic acids is 2. The molecule has 0 spiro atoms. The normalized spacial score (nSPS) is 11.7. The van der Waals surface area contributed by atoms with Gasteiger partial charge in [-0.25, -0.2) is 14.8 Å². The van der Waals surface area contributed by atoms with E-state index in [1.807, 2.05) is 6.92 Å². The molecule has 1 aromatic carbocycles. The molecule has 2 rings (SSSR count). The zero-order valence-electron chi connectivity index (χ0n) is 14.6. The van der Waals surface area contributed by atoms with E-state index in [4.69, 9.17) is 22.1 Å². The number of nitrogen functional groups attached to an aromatic ring is 1. The summed E-state index contributed by atoms with van der Waals surface area (Å²) in [5.74, 6) is -0.792. The van der Waals surface area contributed by atoms with Crippen molar-refractivity contribution in [3.63, 3.8) is 0 Å². The summed E-state index contributed by atoms with van der Waals surface area (Å²) in [7, 11) is 0. The van der Waals surface area contributed by atoms with Crippen LogP contribution in [-0.2, 0) is 9.53 Å². The Bertz CT molecular complexity index is 832. The van der Waals surface area contributed by atoms with Crippen molar-refractivity contribution in [3.05, 3.63) is 40.5 Å². The van der Waals surface area contributed by atoms with Crippen molar-refractivity contribution >= 4 is 46.7 Å². The van der Waals surface area contributed by atoms with Crippen LogP contribution in [0.5, 0.6) is 0 Å². The number of nitrogens with zero attached hydrogens (tertiary/aromatic N) is 2. The summed E-state index contributed by atoms with van der Waals surface area (Å²) in [6, 6.07) is 5.30. The fourth-order valence-electron chi connectivity index (χ4n) is 1.99. The van der Waals surface area contributed by atoms with E-state index >= 15 is 0 Å². The van der Waals surface area contributed by atoms with Gasteiger partial charge >= 0.3 is 5.97 Å². The van der Waals surface area contributed by atoms with Gasteiger partial charge in [0.05, 0.1) is 11.9 Å². The SMILES string of the molecule is CCOC(=O)c1cnc(S[C@H](C)C(=O)Nc2cccc(Cl)c2C)nc1N. The molecule has 1 amide bonds. The summed E-state index contributed by atoms with van der Waals surface area (Å²) in [5, 5.41) is 3.21. The van der Waals surface area contributed by atoms with Crippen molar-refractivity contribution in [2.45, 2.75) is 31.2 Å². The second-order valence-electron chi connectivity index (χ2n) is 5.33. The minimum Gasteiger partial charge on any atom is -0.462 e. The Balaban J connectivity index is 2.06. The minimum atomic E-state index is -0.580. The number of halogens is 1. The molecule has 26 heavy (non-hydrogen) atoms. The Kier molecular flexibility index (Phi) is 6.82. The number of hydrogen-bond donors (Lipinski definition) is 2. The van der Waals surface area contributed by atoms with Crippen molar-refractivity contribution in [2.75, 3.05) is 17.7 Å². The number of carbonyl (C=O) groups is 2. The first kappa shape index (κ1) is 20.0. The molecule has 1 heterocycles. The first-order valence-corrected chi connectivity index (χ1v) is 9.11. The molecule has 3 N–H and O–H groups in total. The molecular weight excluding hydrogens is 376 g/mol. The van der Waals surface area contributed by atoms with Gasteiger partial charge < -0.3 is 15.8 Å². The zero-order chi connectivity index (χ0) is 19.3. The Hall–Kier alpha value is -2.32. The van der Waals surface area contributed by atoms with Crippen molar-refractivity contribution in [3.8, 4) is 0 Å². The second kappa shape index (κ2) is 8.86. The molecule has 0 unspecified atom stereocenters. The van der Waals surface area contributed by atoms with Crippen LogP contribution in [0.1, 0.15) is 29.8 Å². The molecule has 9 heteroatoms. The predicted octanol–water partition coefficient (Wildman–Crippen LogP) is 3.32. The lowest BCUT2D eigenvalue weighted by Gasteiger charge is -2.14. The van der Waals surface area contributed by atoms with E-state index < -0.39 is 11.2 Å². The van der Waals surface area contributed by atoms with Gasteiger partial charge in [0, 0.05) is 16.9 Å². The lowest BCUT2D eigenvalue weighted by Crippen LogP contribution is -2.23. The van der Waals surface area contributed by atoms with E-state index in [0.717, 1.165) is 17.3 Å². The van der Waals surface area contributed by atoms with Gasteiger partial charge in [0.1, 0.15) is 11.4 Å². The predicted molar refractivity (Wildman–Crippen MR) is 103 cm³/mol. The third-order valence-electron chi connectivity index (χ3n) is 3.47. The minimum absolute atomic E-state index is 0.0132. The number of amides is 1. The van der Waals surface area contributed by atoms with E-state index in [1.54, 1.807) is 32.0 Å². The van der Waals surface area contributed by atoms with E-state index in [2.05, 4.69) is 15.3 Å². The number of thioether (sulfide) groups is 1. The van der Waals surface area contributed by atoms with Gasteiger partial charge in [-0.1, -0.05) is 29.4 Å². The first-order valence-electron chi connectivity index (χ1n) is 7.85. The molecule has 0 saturated heterocycles. The molecule has 0 saturated carbocycles. The Morgan fingerprint density at radius 3 is 2.81 bits per heavy atom. The number of esters is 1. The third-order valence-corrected chi connectivity index (χ3v) is 4.85. The maximum absolute atomic E-state index is 12.4. The van der Waals surface area contributed by atoms with Crippen LogP contribution < -0.4 is 11.1 Å². The molecule has 0 radical (unpaired) electrons. The maximum atomic E-state index is 12.4. The van der Waals surface area contributed by atoms with Crippen LogP contribution in [0.25, 0.3) is 0 Å². The van der Waals surface area contributed by atoms with Gasteiger partial charge in [-0.05, 0) is 38.5 Å². The highest BCUT2D eigenvalue weighted by Crippen LogP contribution is 2.26. The zero-order valence-corrected chi connectivity index (χ0v) is 16.1. The Morgan fingerprint density at radius 2 is 2.15 bits per heavy atom. The average Bonchev–Trinajstić information content (AvgIpc) is 2.59. The van der Waals surface area contributed by atoms with E-state index in [1.165, 1.54) is 6.20 Å². The van der Waals surface area contributed by atoms with E-state index in [-0.39, 0.29) is 23.9 Å². The van der Waals surface area contributed by atoms with Gasteiger partial charge in [-0.2, -0.15) is 0 Å². The smallest absolute Gasteiger partial charge is 0.343 e. The lowest BCUT2D eigenvalue weighted by atomic mass is 10.2. The number of ether oxygens (including phenoxy) is 1. The molecule has 1 aromatic heterocycles. The quantitative estimate of drug-likeness (QED) is 0.439. The summed E-state index contributed by atoms with van der Waals surface area (Å²) in [6.07, 6.45) is 1.30. The average molecular weight is 395 g/mol. The number of nitrogens with one attached hydrogen (secondary N) is 1. The van der Waals surface area contributed by atoms with Gasteiger partial charge in [0.25, 0.3) is 0 Å². The van der Waals surface area contributed by atoms with Crippen LogP contribution in [0, 0.1) is 6.92 Å². The molecule has 1 atom stereocenters. The van der Waals surface area contributed by atoms with Crippen molar-refractivity contribution < 1.29 is 14.3 Å². The van der Waals surface area contributed by atoms with Crippen LogP contribution in [0.4, 0.5) is 11.5 Å². The fourth-order valence-corrected chi connectivity index (χ4v) is 2.91. The highest BCUT2D eigenvalue weighted by atomic mass is 35.5. The standard InChI is InChI=1S/C17H19ClN4O3S/c1-4-25-16(24)11-8-20-17(22-14(11)19)26-10(3)15(23)21-13-7-5-6-12(18)9(13)2/h5-8,10H,4H2,1-3H3,(H,21,23)(H2,19,20,22)/t10-/m1/s1. The number of nitrogens with two attached hydrogens (primary N) is 1. The molecule has 0 aliphatic carbocycles. The maximum Gasteiger partial charge on any atom is 0.343 e. The molecule has 7 nitrogen and oxygen atoms in total. The van der Waals surface area contributed by atoms with Crippen LogP contribution in [0.15, 0.2) is 29.6 Å². The Morgan fingerprint density at radius 1 is 1.42 bits per heavy atom. The second-order valence-corrected chi connectivity index (χ2v) is 7.05. The first-order chi connectivity index (χ1) is 12.3. The van der Waals surface area contributed by atoms with Crippen LogP contribution in [-0.4, -0.2) is 33.7 Å². The third kappa shape index (κ3) is 4.86. The molecule has 0 aliphatic heterocycles. The van der Waals surface area contributed by atoms with Crippen LogP contribution in [0.2, 0.25) is 5.02 Å². The Labute approximate surface area is 160 Å². The number of aromatic nitrogens is 2. The van der Waals surface area contributed by atoms with E-state index in [0.29, 0.717) is 15.9 Å². The largest absolute Gasteiger partial charge is 0.462 e. The monoisotopic (exact) mass is 394 g/mol. The number of anilines is 2. The van der Waals surface area contributed by atoms with Gasteiger partial charge in [0.15, 0.2) is 5.16 Å². The number of hydrogen-bond acceptors (Lipinski definition) is 7. The van der Waals surface area contributed by atoms with Crippen LogP contribution >= 0.6 is 23.4 Å². The van der Waals surface area contributed by atoms with Crippen molar-refractivity contribution in [2.24, 2.45) is 0 Å². The summed E-state index contributed by atoms with van der Waals surface area (Å²) < 4.78 is 4.87. The summed E-state index contributed by atoms with van der Waals surface area (Å²) in [6.45, 7) is 5.47. The van der Waals surface area contributed by atoms with Gasteiger partial charge in [-0.3, -0.25) is 4.79 Å². The number of benzene rings is 1. The van der Waals surface area contributed by atoms with Crippen LogP contribution in [0.3, 0.4) is 0 Å². The lowest BCUT2D eigenvalue weighted by molar-refractivity contribution is -0.115. The molecule has 2 aromatic rings. The highest BCUT2D eigenvalue weighted by molar-refractivity contribution is 8.00. The highest BCUT2D eigenvalue weighted by Gasteiger charge is 2.19. The summed E-state index contributed by atoms with van der Waals surface area (Å²) in [5.41, 5.74) is 7.32. The number of rotatable bonds is 6. The molecule has 0 fully saturated rings. The molecule has 0 aliphatic rings. The topological polar surface area (TPSA) is 107 Å². The molecule has 138 valence electrons. The molecular formula is C17H19ClN4O3S. The summed E-state index contributed by atoms with van der Waals surface area (Å²) in [4.78, 5) is 32.2. The fraction of sp³-hybridized carbons (Fsp3) is 0.294. The van der Waals surface area contributed by atoms with Gasteiger partial charge in [-0.15, -0.1) is 0 Å². The molecule has 0 bridgehead atoms. The van der Waals surface area contributed by atoms with Crippen molar-refractivity contribution in [1.29, 1.82) is 0 Å². The summed E-state index contributed by atoms with van der Waals surface area (Å²) >= 11 is 7.19.